The number of hydrogen-bond acceptors (Lipinski definition) is 4. The van der Waals surface area contributed by atoms with Crippen LogP contribution in [-0.2, 0) is 19.6 Å². The molecule has 0 saturated carbocycles. The van der Waals surface area contributed by atoms with Crippen molar-refractivity contribution in [3.63, 3.8) is 0 Å². The lowest BCUT2D eigenvalue weighted by Gasteiger charge is -2.24. The fraction of sp³-hybridized carbons (Fsp3) is 0.133. The van der Waals surface area contributed by atoms with E-state index in [1.807, 2.05) is 0 Å². The molecule has 2 aromatic rings. The summed E-state index contributed by atoms with van der Waals surface area (Å²) in [7, 11) is -3.36. The van der Waals surface area contributed by atoms with Crippen LogP contribution in [-0.4, -0.2) is 28.0 Å². The number of rotatable bonds is 5. The third-order valence-corrected chi connectivity index (χ3v) is 5.65. The van der Waals surface area contributed by atoms with E-state index in [1.165, 1.54) is 6.07 Å². The Kier molecular flexibility index (Phi) is 5.87. The Labute approximate surface area is 152 Å². The van der Waals surface area contributed by atoms with E-state index in [0.29, 0.717) is 10.4 Å². The second-order valence-corrected chi connectivity index (χ2v) is 7.44. The molecule has 0 bridgehead atoms. The van der Waals surface area contributed by atoms with Gasteiger partial charge in [0.2, 0.25) is 0 Å². The molecular formula is C15H11Cl2F2NO4S. The molecule has 10 heteroatoms. The van der Waals surface area contributed by atoms with E-state index in [4.69, 9.17) is 23.2 Å². The number of carbonyl (C=O) groups is 1. The summed E-state index contributed by atoms with van der Waals surface area (Å²) >= 11 is 11.6. The second-order valence-electron chi connectivity index (χ2n) is 4.76. The minimum atomic E-state index is -4.41. The minimum absolute atomic E-state index is 0.0414. The van der Waals surface area contributed by atoms with Crippen LogP contribution in [0.25, 0.3) is 0 Å². The summed E-state index contributed by atoms with van der Waals surface area (Å²) in [4.78, 5) is 11.3. The molecule has 2 rings (SSSR count). The first kappa shape index (κ1) is 19.4. The van der Waals surface area contributed by atoms with E-state index < -0.39 is 39.9 Å². The zero-order valence-electron chi connectivity index (χ0n) is 12.7. The first-order valence-corrected chi connectivity index (χ1v) is 8.86. The fourth-order valence-electron chi connectivity index (χ4n) is 1.93. The molecule has 0 heterocycles. The Hall–Kier alpha value is -1.90. The maximum absolute atomic E-state index is 14.1. The average Bonchev–Trinajstić information content (AvgIpc) is 2.55. The summed E-state index contributed by atoms with van der Waals surface area (Å²) in [5.74, 6) is -2.99. The number of anilines is 1. The lowest BCUT2D eigenvalue weighted by atomic mass is 10.3. The number of esters is 1. The van der Waals surface area contributed by atoms with Gasteiger partial charge in [-0.25, -0.2) is 17.2 Å². The van der Waals surface area contributed by atoms with Gasteiger partial charge < -0.3 is 4.74 Å². The van der Waals surface area contributed by atoms with Crippen LogP contribution in [0.2, 0.25) is 10.0 Å². The molecule has 0 aliphatic heterocycles. The maximum Gasteiger partial charge on any atom is 0.326 e. The van der Waals surface area contributed by atoms with Crippen LogP contribution in [0.15, 0.2) is 41.3 Å². The van der Waals surface area contributed by atoms with Crippen molar-refractivity contribution in [3.8, 4) is 0 Å². The van der Waals surface area contributed by atoms with Gasteiger partial charge in [0.25, 0.3) is 10.0 Å². The van der Waals surface area contributed by atoms with Crippen LogP contribution < -0.4 is 4.31 Å². The molecule has 0 fully saturated rings. The Bertz CT molecular complexity index is 922. The highest BCUT2D eigenvalue weighted by Gasteiger charge is 2.30. The standard InChI is InChI=1S/C15H11Cl2F2NO4S/c1-24-15(21)8-20(14-5-2-9(18)6-13(14)19)25(22,23)10-3-4-11(16)12(17)7-10/h2-7H,8H2,1H3. The Balaban J connectivity index is 2.61. The van der Waals surface area contributed by atoms with Crippen molar-refractivity contribution in [2.75, 3.05) is 18.0 Å². The first-order valence-electron chi connectivity index (χ1n) is 6.66. The Morgan fingerprint density at radius 1 is 1.12 bits per heavy atom. The number of benzene rings is 2. The zero-order valence-corrected chi connectivity index (χ0v) is 15.0. The van der Waals surface area contributed by atoms with E-state index >= 15 is 0 Å². The molecular weight excluding hydrogens is 399 g/mol. The number of halogens is 4. The topological polar surface area (TPSA) is 63.7 Å². The van der Waals surface area contributed by atoms with Crippen LogP contribution in [0.5, 0.6) is 0 Å². The van der Waals surface area contributed by atoms with Gasteiger partial charge in [0, 0.05) is 6.07 Å². The van der Waals surface area contributed by atoms with Gasteiger partial charge in [-0.15, -0.1) is 0 Å². The SMILES string of the molecule is COC(=O)CN(c1ccc(F)cc1F)S(=O)(=O)c1ccc(Cl)c(Cl)c1. The van der Waals surface area contributed by atoms with Crippen molar-refractivity contribution < 1.29 is 26.7 Å². The maximum atomic E-state index is 14.1. The van der Waals surface area contributed by atoms with Crippen molar-refractivity contribution in [1.82, 2.24) is 0 Å². The highest BCUT2D eigenvalue weighted by molar-refractivity contribution is 7.92. The molecule has 134 valence electrons. The summed E-state index contributed by atoms with van der Waals surface area (Å²) in [6, 6.07) is 5.73. The van der Waals surface area contributed by atoms with Gasteiger partial charge in [-0.1, -0.05) is 23.2 Å². The van der Waals surface area contributed by atoms with E-state index in [9.17, 15) is 22.0 Å². The van der Waals surface area contributed by atoms with Crippen LogP contribution in [0.4, 0.5) is 14.5 Å². The number of ether oxygens (including phenoxy) is 1. The van der Waals surface area contributed by atoms with Gasteiger partial charge in [-0.2, -0.15) is 0 Å². The van der Waals surface area contributed by atoms with E-state index in [-0.39, 0.29) is 14.9 Å². The second kappa shape index (κ2) is 7.55. The van der Waals surface area contributed by atoms with Crippen molar-refractivity contribution in [1.29, 1.82) is 0 Å². The quantitative estimate of drug-likeness (QED) is 0.707. The smallest absolute Gasteiger partial charge is 0.326 e. The summed E-state index contributed by atoms with van der Waals surface area (Å²) in [6.45, 7) is -0.818. The normalized spacial score (nSPS) is 11.2. The Morgan fingerprint density at radius 2 is 1.80 bits per heavy atom. The zero-order chi connectivity index (χ0) is 18.8. The molecule has 0 aromatic heterocycles. The monoisotopic (exact) mass is 409 g/mol. The molecule has 0 amide bonds. The van der Waals surface area contributed by atoms with Gasteiger partial charge in [0.15, 0.2) is 0 Å². The predicted molar refractivity (Wildman–Crippen MR) is 89.4 cm³/mol. The van der Waals surface area contributed by atoms with E-state index in [1.54, 1.807) is 0 Å². The number of nitrogens with zero attached hydrogens (tertiary/aromatic N) is 1. The van der Waals surface area contributed by atoms with Crippen molar-refractivity contribution >= 4 is 44.9 Å². The summed E-state index contributed by atoms with van der Waals surface area (Å²) in [5, 5.41) is 0.0773. The molecule has 0 radical (unpaired) electrons. The van der Waals surface area contributed by atoms with Crippen LogP contribution in [0, 0.1) is 11.6 Å². The fourth-order valence-corrected chi connectivity index (χ4v) is 3.74. The highest BCUT2D eigenvalue weighted by Crippen LogP contribution is 2.30. The van der Waals surface area contributed by atoms with Gasteiger partial charge in [-0.3, -0.25) is 9.10 Å². The molecule has 0 aliphatic carbocycles. The minimum Gasteiger partial charge on any atom is -0.468 e. The summed E-state index contributed by atoms with van der Waals surface area (Å²) < 4.78 is 57.8. The lowest BCUT2D eigenvalue weighted by molar-refractivity contribution is -0.138. The van der Waals surface area contributed by atoms with Crippen LogP contribution in [0.1, 0.15) is 0 Å². The van der Waals surface area contributed by atoms with Crippen LogP contribution in [0.3, 0.4) is 0 Å². The van der Waals surface area contributed by atoms with Crippen molar-refractivity contribution in [2.45, 2.75) is 4.90 Å². The molecule has 0 atom stereocenters. The third kappa shape index (κ3) is 4.20. The molecule has 0 aliphatic rings. The number of sulfonamides is 1. The molecule has 0 saturated heterocycles. The number of methoxy groups -OCH3 is 1. The van der Waals surface area contributed by atoms with Crippen molar-refractivity contribution in [2.24, 2.45) is 0 Å². The molecule has 2 aromatic carbocycles. The van der Waals surface area contributed by atoms with E-state index in [0.717, 1.165) is 31.4 Å². The van der Waals surface area contributed by atoms with Gasteiger partial charge in [0.05, 0.1) is 27.7 Å². The Morgan fingerprint density at radius 3 is 2.36 bits per heavy atom. The number of hydrogen-bond donors (Lipinski definition) is 0. The number of carbonyl (C=O) groups excluding carboxylic acids is 1. The van der Waals surface area contributed by atoms with Gasteiger partial charge >= 0.3 is 5.97 Å². The molecule has 25 heavy (non-hydrogen) atoms. The summed E-state index contributed by atoms with van der Waals surface area (Å²) in [6.07, 6.45) is 0. The highest BCUT2D eigenvalue weighted by atomic mass is 35.5. The molecule has 0 spiro atoms. The third-order valence-electron chi connectivity index (χ3n) is 3.16. The first-order chi connectivity index (χ1) is 11.7. The molecule has 5 nitrogen and oxygen atoms in total. The van der Waals surface area contributed by atoms with E-state index in [2.05, 4.69) is 4.74 Å². The van der Waals surface area contributed by atoms with Crippen molar-refractivity contribution in [3.05, 3.63) is 58.1 Å². The average molecular weight is 410 g/mol. The van der Waals surface area contributed by atoms with Gasteiger partial charge in [-0.05, 0) is 30.3 Å². The van der Waals surface area contributed by atoms with Crippen LogP contribution >= 0.6 is 23.2 Å². The predicted octanol–water partition coefficient (Wildman–Crippen LogP) is 3.64. The lowest BCUT2D eigenvalue weighted by Crippen LogP contribution is -2.37. The van der Waals surface area contributed by atoms with Gasteiger partial charge in [0.1, 0.15) is 18.2 Å². The molecule has 0 N–H and O–H groups in total. The summed E-state index contributed by atoms with van der Waals surface area (Å²) in [5.41, 5.74) is -0.516. The largest absolute Gasteiger partial charge is 0.468 e. The molecule has 0 unspecified atom stereocenters.